The van der Waals surface area contributed by atoms with Gasteiger partial charge in [0.1, 0.15) is 12.3 Å². The smallest absolute Gasteiger partial charge is 0.339 e. The van der Waals surface area contributed by atoms with E-state index < -0.39 is 22.1 Å². The number of carbonyl (C=O) groups excluding carboxylic acids is 1. The van der Waals surface area contributed by atoms with Crippen LogP contribution in [0.2, 0.25) is 0 Å². The van der Waals surface area contributed by atoms with Crippen molar-refractivity contribution in [2.24, 2.45) is 0 Å². The molecule has 2 heterocycles. The van der Waals surface area contributed by atoms with Gasteiger partial charge in [0.05, 0.1) is 29.8 Å². The van der Waals surface area contributed by atoms with Gasteiger partial charge in [0.15, 0.2) is 0 Å². The Labute approximate surface area is 163 Å². The quantitative estimate of drug-likeness (QED) is 0.331. The second-order valence-electron chi connectivity index (χ2n) is 5.74. The highest BCUT2D eigenvalue weighted by Crippen LogP contribution is 2.27. The Balaban J connectivity index is 1.98. The summed E-state index contributed by atoms with van der Waals surface area (Å²) < 4.78 is 16.2. The van der Waals surface area contributed by atoms with Gasteiger partial charge in [0.25, 0.3) is 0 Å². The van der Waals surface area contributed by atoms with E-state index in [1.165, 1.54) is 0 Å². The predicted molar refractivity (Wildman–Crippen MR) is 98.7 cm³/mol. The molecule has 0 aliphatic heterocycles. The monoisotopic (exact) mass is 400 g/mol. The Hall–Kier alpha value is -4.02. The van der Waals surface area contributed by atoms with Crippen LogP contribution in [0.4, 0.5) is 5.69 Å². The topological polar surface area (TPSA) is 140 Å². The van der Waals surface area contributed by atoms with Crippen molar-refractivity contribution in [3.05, 3.63) is 68.5 Å². The Bertz CT molecular complexity index is 1120. The number of rotatable bonds is 7. The Morgan fingerprint density at radius 2 is 2.10 bits per heavy atom. The Morgan fingerprint density at radius 1 is 1.34 bits per heavy atom. The van der Waals surface area contributed by atoms with E-state index in [1.54, 1.807) is 24.3 Å². The molecule has 150 valence electrons. The van der Waals surface area contributed by atoms with E-state index in [9.17, 15) is 19.7 Å². The third kappa shape index (κ3) is 4.13. The lowest BCUT2D eigenvalue weighted by atomic mass is 10.2. The first-order chi connectivity index (χ1) is 13.9. The van der Waals surface area contributed by atoms with Crippen molar-refractivity contribution in [3.63, 3.8) is 0 Å². The maximum Gasteiger partial charge on any atom is 0.339 e. The van der Waals surface area contributed by atoms with Gasteiger partial charge in [-0.1, -0.05) is 17.3 Å². The number of nitrogens with zero attached hydrogens (tertiary/aromatic N) is 4. The van der Waals surface area contributed by atoms with Gasteiger partial charge in [-0.05, 0) is 19.1 Å². The fourth-order valence-electron chi connectivity index (χ4n) is 2.60. The zero-order valence-electron chi connectivity index (χ0n) is 15.5. The fourth-order valence-corrected chi connectivity index (χ4v) is 2.60. The fraction of sp³-hybridized carbons (Fsp3) is 0.222. The molecule has 0 unspecified atom stereocenters. The summed E-state index contributed by atoms with van der Waals surface area (Å²) in [6.07, 6.45) is 1.14. The molecule has 0 saturated heterocycles. The third-order valence-electron chi connectivity index (χ3n) is 3.89. The van der Waals surface area contributed by atoms with Crippen LogP contribution in [0, 0.1) is 10.1 Å². The van der Waals surface area contributed by atoms with Crippen LogP contribution in [0.3, 0.4) is 0 Å². The number of nitro groups is 1. The highest BCUT2D eigenvalue weighted by molar-refractivity contribution is 5.89. The van der Waals surface area contributed by atoms with E-state index in [4.69, 9.17) is 9.26 Å². The summed E-state index contributed by atoms with van der Waals surface area (Å²) >= 11 is 0. The maximum absolute atomic E-state index is 12.4. The number of aromatic nitrogens is 3. The highest BCUT2D eigenvalue weighted by Gasteiger charge is 2.22. The predicted octanol–water partition coefficient (Wildman–Crippen LogP) is 2.04. The lowest BCUT2D eigenvalue weighted by Gasteiger charge is -2.06. The van der Waals surface area contributed by atoms with Gasteiger partial charge >= 0.3 is 17.2 Å². The average Bonchev–Trinajstić information content (AvgIpc) is 3.17. The van der Waals surface area contributed by atoms with Crippen molar-refractivity contribution in [2.75, 3.05) is 13.7 Å². The molecule has 0 spiro atoms. The number of ether oxygens (including phenoxy) is 2. The van der Waals surface area contributed by atoms with E-state index in [1.807, 2.05) is 6.92 Å². The van der Waals surface area contributed by atoms with Gasteiger partial charge in [-0.15, -0.1) is 0 Å². The summed E-state index contributed by atoms with van der Waals surface area (Å²) in [5.41, 5.74) is -1.25. The first kappa shape index (κ1) is 19.7. The molecular weight excluding hydrogens is 384 g/mol. The minimum atomic E-state index is -0.919. The van der Waals surface area contributed by atoms with Gasteiger partial charge in [-0.25, -0.2) is 4.79 Å². The number of pyridine rings is 1. The minimum Gasteiger partial charge on any atom is -0.493 e. The van der Waals surface area contributed by atoms with Crippen LogP contribution in [-0.4, -0.2) is 39.3 Å². The third-order valence-corrected chi connectivity index (χ3v) is 3.89. The van der Waals surface area contributed by atoms with Crippen LogP contribution in [0.25, 0.3) is 11.4 Å². The molecular formula is C18H16N4O7. The van der Waals surface area contributed by atoms with Gasteiger partial charge in [-0.2, -0.15) is 4.98 Å². The molecule has 3 aromatic rings. The summed E-state index contributed by atoms with van der Waals surface area (Å²) in [7, 11) is 1.13. The van der Waals surface area contributed by atoms with E-state index in [0.717, 1.165) is 23.9 Å². The average molecular weight is 400 g/mol. The molecule has 2 aromatic heterocycles. The van der Waals surface area contributed by atoms with Crippen LogP contribution < -0.4 is 10.3 Å². The van der Waals surface area contributed by atoms with Crippen LogP contribution in [0.5, 0.6) is 5.75 Å². The van der Waals surface area contributed by atoms with Gasteiger partial charge < -0.3 is 14.0 Å². The SMILES string of the molecule is CCOc1ccccc1-c1noc(Cn2cc(C(=O)OC)cc([N+](=O)[O-])c2=O)n1. The normalized spacial score (nSPS) is 10.6. The lowest BCUT2D eigenvalue weighted by molar-refractivity contribution is -0.386. The Morgan fingerprint density at radius 3 is 2.79 bits per heavy atom. The molecule has 3 rings (SSSR count). The molecule has 0 aliphatic carbocycles. The molecule has 0 atom stereocenters. The largest absolute Gasteiger partial charge is 0.493 e. The van der Waals surface area contributed by atoms with Crippen molar-refractivity contribution in [1.82, 2.24) is 14.7 Å². The first-order valence-electron chi connectivity index (χ1n) is 8.46. The van der Waals surface area contributed by atoms with Crippen molar-refractivity contribution < 1.29 is 23.7 Å². The molecule has 0 amide bonds. The number of para-hydroxylation sites is 1. The summed E-state index contributed by atoms with van der Waals surface area (Å²) in [5, 5.41) is 15.0. The first-order valence-corrected chi connectivity index (χ1v) is 8.46. The molecule has 0 saturated carbocycles. The molecule has 0 N–H and O–H groups in total. The van der Waals surface area contributed by atoms with Crippen molar-refractivity contribution in [1.29, 1.82) is 0 Å². The van der Waals surface area contributed by atoms with Crippen molar-refractivity contribution >= 4 is 11.7 Å². The molecule has 29 heavy (non-hydrogen) atoms. The second-order valence-corrected chi connectivity index (χ2v) is 5.74. The minimum absolute atomic E-state index is 0.0183. The Kier molecular flexibility index (Phi) is 5.67. The van der Waals surface area contributed by atoms with Crippen molar-refractivity contribution in [2.45, 2.75) is 13.5 Å². The summed E-state index contributed by atoms with van der Waals surface area (Å²) in [4.78, 5) is 38.6. The number of hydrogen-bond acceptors (Lipinski definition) is 9. The summed E-state index contributed by atoms with van der Waals surface area (Å²) in [6, 6.07) is 7.94. The van der Waals surface area contributed by atoms with E-state index >= 15 is 0 Å². The number of esters is 1. The van der Waals surface area contributed by atoms with Crippen LogP contribution in [-0.2, 0) is 11.3 Å². The van der Waals surface area contributed by atoms with E-state index in [2.05, 4.69) is 14.9 Å². The number of methoxy groups -OCH3 is 1. The van der Waals surface area contributed by atoms with Gasteiger partial charge in [0, 0.05) is 12.3 Å². The highest BCUT2D eigenvalue weighted by atomic mass is 16.6. The molecule has 0 fully saturated rings. The molecule has 0 radical (unpaired) electrons. The molecule has 11 nitrogen and oxygen atoms in total. The zero-order valence-corrected chi connectivity index (χ0v) is 15.5. The number of carbonyl (C=O) groups is 1. The summed E-state index contributed by atoms with van der Waals surface area (Å²) in [6.45, 7) is 2.02. The van der Waals surface area contributed by atoms with Crippen LogP contribution in [0.1, 0.15) is 23.2 Å². The van der Waals surface area contributed by atoms with Crippen LogP contribution in [0.15, 0.2) is 45.8 Å². The van der Waals surface area contributed by atoms with Crippen molar-refractivity contribution in [3.8, 4) is 17.1 Å². The van der Waals surface area contributed by atoms with E-state index in [0.29, 0.717) is 17.9 Å². The standard InChI is InChI=1S/C18H16N4O7/c1-3-28-14-7-5-4-6-12(14)16-19-15(29-20-16)10-21-9-11(18(24)27-2)8-13(17(21)23)22(25)26/h4-9H,3,10H2,1-2H3. The molecule has 0 bridgehead atoms. The zero-order chi connectivity index (χ0) is 21.0. The van der Waals surface area contributed by atoms with Gasteiger partial charge in [0.2, 0.25) is 11.7 Å². The lowest BCUT2D eigenvalue weighted by Crippen LogP contribution is -2.24. The van der Waals surface area contributed by atoms with Crippen LogP contribution >= 0.6 is 0 Å². The second kappa shape index (κ2) is 8.33. The van der Waals surface area contributed by atoms with E-state index in [-0.39, 0.29) is 23.8 Å². The maximum atomic E-state index is 12.4. The molecule has 11 heteroatoms. The summed E-state index contributed by atoms with van der Waals surface area (Å²) in [5.74, 6) is -0.0120. The molecule has 1 aromatic carbocycles. The molecule has 0 aliphatic rings. The number of hydrogen-bond donors (Lipinski definition) is 0. The number of benzene rings is 1. The van der Waals surface area contributed by atoms with Gasteiger partial charge in [-0.3, -0.25) is 19.5 Å².